The van der Waals surface area contributed by atoms with E-state index in [0.29, 0.717) is 6.42 Å². The first kappa shape index (κ1) is 59.3. The number of ketones is 1. The zero-order valence-electron chi connectivity index (χ0n) is 35.1. The van der Waals surface area contributed by atoms with Gasteiger partial charge in [0.1, 0.15) is 24.4 Å². The molecule has 0 aromatic carbocycles. The lowest BCUT2D eigenvalue weighted by molar-refractivity contribution is -0.307. The average molecular weight is 791 g/mol. The van der Waals surface area contributed by atoms with Crippen molar-refractivity contribution in [3.05, 3.63) is 12.2 Å². The Bertz CT molecular complexity index is 880. The molecule has 55 heavy (non-hydrogen) atoms. The van der Waals surface area contributed by atoms with E-state index >= 15 is 0 Å². The summed E-state index contributed by atoms with van der Waals surface area (Å²) >= 11 is 0. The van der Waals surface area contributed by atoms with Gasteiger partial charge in [-0.05, 0) is 64.7 Å². The lowest BCUT2D eigenvalue weighted by Gasteiger charge is -2.23. The number of aliphatic hydroxyl groups is 5. The van der Waals surface area contributed by atoms with Gasteiger partial charge >= 0.3 is 5.97 Å². The predicted octanol–water partition coefficient (Wildman–Crippen LogP) is 6.09. The van der Waals surface area contributed by atoms with Gasteiger partial charge in [-0.2, -0.15) is 0 Å². The van der Waals surface area contributed by atoms with Crippen LogP contribution < -0.4 is 10.2 Å². The van der Waals surface area contributed by atoms with Gasteiger partial charge in [-0.25, -0.2) is 0 Å². The number of hydrogen-bond acceptors (Lipinski definition) is 11. The fourth-order valence-electron chi connectivity index (χ4n) is 5.21. The number of rotatable bonds is 34. The van der Waals surface area contributed by atoms with Crippen LogP contribution in [0.3, 0.4) is 0 Å². The second kappa shape index (κ2) is 47.8. The Morgan fingerprint density at radius 2 is 0.800 bits per heavy atom. The van der Waals surface area contributed by atoms with Gasteiger partial charge in [0.2, 0.25) is 0 Å². The van der Waals surface area contributed by atoms with Crippen molar-refractivity contribution >= 4 is 23.7 Å². The SMILES string of the molecule is CC(=O)[C@H](O)[C@@H](O)[C@H](O)[C@H](O)CO.CCCCCCCC(=O)O.CCCCCCCC/C=C\CCCCCCCC(=O)[O-].CCCCCCCCCC(=O)[O-]. The maximum absolute atomic E-state index is 10.5. The van der Waals surface area contributed by atoms with Crippen molar-refractivity contribution in [1.29, 1.82) is 0 Å². The first-order valence-corrected chi connectivity index (χ1v) is 21.3. The fourth-order valence-corrected chi connectivity index (χ4v) is 5.21. The Morgan fingerprint density at radius 1 is 0.491 bits per heavy atom. The van der Waals surface area contributed by atoms with Crippen LogP contribution in [0.1, 0.15) is 207 Å². The molecule has 0 saturated carbocycles. The lowest BCUT2D eigenvalue weighted by Crippen LogP contribution is -2.48. The monoisotopic (exact) mass is 791 g/mol. The van der Waals surface area contributed by atoms with Gasteiger partial charge in [0.25, 0.3) is 0 Å². The average Bonchev–Trinajstić information content (AvgIpc) is 3.15. The summed E-state index contributed by atoms with van der Waals surface area (Å²) in [4.78, 5) is 40.8. The largest absolute Gasteiger partial charge is 0.550 e. The van der Waals surface area contributed by atoms with Gasteiger partial charge in [0.05, 0.1) is 6.61 Å². The molecule has 0 aliphatic carbocycles. The van der Waals surface area contributed by atoms with Crippen LogP contribution in [0.15, 0.2) is 12.2 Å². The van der Waals surface area contributed by atoms with Crippen LogP contribution >= 0.6 is 0 Å². The van der Waals surface area contributed by atoms with Gasteiger partial charge < -0.3 is 50.4 Å². The Morgan fingerprint density at radius 3 is 1.09 bits per heavy atom. The third-order valence-corrected chi connectivity index (χ3v) is 8.79. The molecule has 0 spiro atoms. The molecular formula is C43H82O12-2. The first-order valence-electron chi connectivity index (χ1n) is 21.3. The smallest absolute Gasteiger partial charge is 0.303 e. The van der Waals surface area contributed by atoms with Crippen molar-refractivity contribution < 1.29 is 60.0 Å². The summed E-state index contributed by atoms with van der Waals surface area (Å²) in [6.07, 6.45) is 28.3. The number of allylic oxidation sites excluding steroid dienone is 2. The maximum Gasteiger partial charge on any atom is 0.303 e. The van der Waals surface area contributed by atoms with Crippen LogP contribution in [-0.4, -0.2) is 85.4 Å². The number of Topliss-reactive ketones (excluding diaryl/α,β-unsaturated/α-hetero) is 1. The molecule has 0 aliphatic rings. The number of unbranched alkanes of at least 4 members (excludes halogenated alkanes) is 21. The van der Waals surface area contributed by atoms with Crippen molar-refractivity contribution in [2.45, 2.75) is 232 Å². The highest BCUT2D eigenvalue weighted by molar-refractivity contribution is 5.80. The minimum absolute atomic E-state index is 0.220. The molecule has 0 rings (SSSR count). The van der Waals surface area contributed by atoms with E-state index in [1.54, 1.807) is 0 Å². The van der Waals surface area contributed by atoms with Crippen LogP contribution in [0.2, 0.25) is 0 Å². The minimum Gasteiger partial charge on any atom is -0.550 e. The number of carbonyl (C=O) groups excluding carboxylic acids is 3. The van der Waals surface area contributed by atoms with E-state index in [2.05, 4.69) is 32.9 Å². The summed E-state index contributed by atoms with van der Waals surface area (Å²) in [5.41, 5.74) is 0. The van der Waals surface area contributed by atoms with Gasteiger partial charge in [-0.1, -0.05) is 148 Å². The summed E-state index contributed by atoms with van der Waals surface area (Å²) < 4.78 is 0. The molecule has 0 heterocycles. The summed E-state index contributed by atoms with van der Waals surface area (Å²) in [7, 11) is 0. The lowest BCUT2D eigenvalue weighted by atomic mass is 10.0. The van der Waals surface area contributed by atoms with Gasteiger partial charge in [-0.3, -0.25) is 9.59 Å². The van der Waals surface area contributed by atoms with Crippen LogP contribution in [0.25, 0.3) is 0 Å². The normalized spacial score (nSPS) is 12.9. The van der Waals surface area contributed by atoms with E-state index in [1.165, 1.54) is 116 Å². The van der Waals surface area contributed by atoms with E-state index in [9.17, 15) is 29.4 Å². The van der Waals surface area contributed by atoms with Crippen molar-refractivity contribution in [2.75, 3.05) is 6.61 Å². The van der Waals surface area contributed by atoms with Crippen LogP contribution in [0.5, 0.6) is 0 Å². The minimum atomic E-state index is -1.79. The molecule has 0 amide bonds. The molecule has 4 atom stereocenters. The number of carbonyl (C=O) groups is 4. The van der Waals surface area contributed by atoms with Crippen LogP contribution in [0, 0.1) is 0 Å². The second-order valence-electron chi connectivity index (χ2n) is 14.3. The van der Waals surface area contributed by atoms with E-state index in [-0.39, 0.29) is 12.8 Å². The van der Waals surface area contributed by atoms with Crippen molar-refractivity contribution in [3.8, 4) is 0 Å². The molecule has 0 bridgehead atoms. The molecule has 0 fully saturated rings. The van der Waals surface area contributed by atoms with E-state index in [4.69, 9.17) is 30.6 Å². The standard InChI is InChI=1S/C18H34O2.C10H20O2.C8H16O2.C7H14O6/c1-2-3-4-5-6-7-8-9-10-11-12-13-14-15-16-17-18(19)20;1-2-3-4-5-6-7-8-9-10(11)12;1-2-3-4-5-6-7-8(9)10;1-3(9)5(11)7(13)6(12)4(10)2-8/h9-10H,2-8,11-17H2,1H3,(H,19,20);2-9H2,1H3,(H,11,12);2-7H2,1H3,(H,9,10);4-8,10-13H,2H2,1H3/p-2/b10-9-;;;/t;;;4-,5+,6-,7-/m...1/s1. The highest BCUT2D eigenvalue weighted by Crippen LogP contribution is 2.11. The third kappa shape index (κ3) is 53.8. The van der Waals surface area contributed by atoms with Crippen molar-refractivity contribution in [3.63, 3.8) is 0 Å². The molecular weight excluding hydrogens is 708 g/mol. The predicted molar refractivity (Wildman–Crippen MR) is 215 cm³/mol. The highest BCUT2D eigenvalue weighted by atomic mass is 16.4. The Balaban J connectivity index is -0.000000328. The van der Waals surface area contributed by atoms with Gasteiger partial charge in [0, 0.05) is 18.4 Å². The molecule has 328 valence electrons. The number of hydrogen-bond donors (Lipinski definition) is 6. The summed E-state index contributed by atoms with van der Waals surface area (Å²) in [6.45, 7) is 6.87. The Hall–Kier alpha value is -2.38. The Labute approximate surface area is 333 Å². The van der Waals surface area contributed by atoms with Crippen molar-refractivity contribution in [1.82, 2.24) is 0 Å². The molecule has 0 unspecified atom stereocenters. The molecule has 6 N–H and O–H groups in total. The third-order valence-electron chi connectivity index (χ3n) is 8.79. The number of aliphatic hydroxyl groups excluding tert-OH is 5. The zero-order valence-corrected chi connectivity index (χ0v) is 35.1. The topological polar surface area (TPSA) is 236 Å². The summed E-state index contributed by atoms with van der Waals surface area (Å²) in [6, 6.07) is 0. The van der Waals surface area contributed by atoms with Crippen molar-refractivity contribution in [2.24, 2.45) is 0 Å². The van der Waals surface area contributed by atoms with Gasteiger partial charge in [0.15, 0.2) is 5.78 Å². The molecule has 0 aromatic heterocycles. The van der Waals surface area contributed by atoms with E-state index in [0.717, 1.165) is 51.9 Å². The molecule has 0 saturated heterocycles. The quantitative estimate of drug-likeness (QED) is 0.0321. The number of carboxylic acids is 3. The summed E-state index contributed by atoms with van der Waals surface area (Å²) in [5, 5.41) is 72.8. The van der Waals surface area contributed by atoms with Gasteiger partial charge in [-0.15, -0.1) is 0 Å². The highest BCUT2D eigenvalue weighted by Gasteiger charge is 2.32. The number of aliphatic carboxylic acids is 3. The molecule has 0 aliphatic heterocycles. The summed E-state index contributed by atoms with van der Waals surface area (Å²) in [5.74, 6) is -3.22. The Kier molecular flexibility index (Phi) is 51.5. The second-order valence-corrected chi connectivity index (χ2v) is 14.3. The molecule has 0 aromatic rings. The molecule has 0 radical (unpaired) electrons. The molecule has 12 heteroatoms. The maximum atomic E-state index is 10.5. The van der Waals surface area contributed by atoms with E-state index in [1.807, 2.05) is 0 Å². The number of carboxylic acid groups (broad SMARTS) is 3. The first-order chi connectivity index (χ1) is 26.2. The van der Waals surface area contributed by atoms with Crippen LogP contribution in [-0.2, 0) is 19.2 Å². The fraction of sp³-hybridized carbons (Fsp3) is 0.860. The van der Waals surface area contributed by atoms with Crippen LogP contribution in [0.4, 0.5) is 0 Å². The van der Waals surface area contributed by atoms with E-state index < -0.39 is 54.7 Å². The molecule has 12 nitrogen and oxygen atoms in total. The zero-order chi connectivity index (χ0) is 42.5.